The van der Waals surface area contributed by atoms with Gasteiger partial charge in [-0.05, 0) is 25.5 Å². The number of anilines is 1. The highest BCUT2D eigenvalue weighted by atomic mass is 15.1. The molecule has 0 saturated heterocycles. The Labute approximate surface area is 67.9 Å². The van der Waals surface area contributed by atoms with Crippen molar-refractivity contribution >= 4 is 5.69 Å². The summed E-state index contributed by atoms with van der Waals surface area (Å²) in [6, 6.07) is 2.00. The van der Waals surface area contributed by atoms with Gasteiger partial charge >= 0.3 is 0 Å². The van der Waals surface area contributed by atoms with E-state index in [1.54, 1.807) is 6.20 Å². The number of aryl methyl sites for hydroxylation is 1. The molecule has 2 heteroatoms. The molecule has 0 aliphatic rings. The van der Waals surface area contributed by atoms with Crippen molar-refractivity contribution in [2.75, 3.05) is 18.5 Å². The number of aromatic nitrogens is 1. The lowest BCUT2D eigenvalue weighted by Gasteiger charge is -2.17. The topological polar surface area (TPSA) is 16.1 Å². The second-order valence-corrected chi connectivity index (χ2v) is 2.60. The first-order valence-electron chi connectivity index (χ1n) is 3.80. The fourth-order valence-electron chi connectivity index (χ4n) is 0.959. The normalized spacial score (nSPS) is 9.73. The third kappa shape index (κ3) is 1.70. The summed E-state index contributed by atoms with van der Waals surface area (Å²) < 4.78 is 0. The molecule has 1 radical (unpaired) electrons. The van der Waals surface area contributed by atoms with E-state index in [1.165, 1.54) is 5.56 Å². The minimum Gasteiger partial charge on any atom is -0.373 e. The van der Waals surface area contributed by atoms with Gasteiger partial charge in [-0.15, -0.1) is 0 Å². The summed E-state index contributed by atoms with van der Waals surface area (Å²) in [6.45, 7) is 5.17. The van der Waals surface area contributed by atoms with Gasteiger partial charge in [0.25, 0.3) is 0 Å². The summed E-state index contributed by atoms with van der Waals surface area (Å²) in [5.74, 6) is 0. The Bertz CT molecular complexity index is 233. The molecule has 0 aromatic carbocycles. The van der Waals surface area contributed by atoms with Gasteiger partial charge in [0.2, 0.25) is 0 Å². The molecule has 0 fully saturated rings. The van der Waals surface area contributed by atoms with Crippen LogP contribution in [0.5, 0.6) is 0 Å². The molecule has 0 unspecified atom stereocenters. The molecular formula is C9H13N2. The summed E-state index contributed by atoms with van der Waals surface area (Å²) in [6.07, 6.45) is 4.73. The van der Waals surface area contributed by atoms with Crippen LogP contribution in [-0.2, 0) is 0 Å². The smallest absolute Gasteiger partial charge is 0.114 e. The van der Waals surface area contributed by atoms with Crippen molar-refractivity contribution in [3.63, 3.8) is 0 Å². The van der Waals surface area contributed by atoms with Crippen LogP contribution in [0, 0.1) is 13.1 Å². The lowest BCUT2D eigenvalue weighted by atomic mass is 10.2. The van der Waals surface area contributed by atoms with Gasteiger partial charge in [0.15, 0.2) is 0 Å². The maximum atomic E-state index is 3.95. The molecule has 2 nitrogen and oxygen atoms in total. The van der Waals surface area contributed by atoms with E-state index in [2.05, 4.69) is 29.9 Å². The monoisotopic (exact) mass is 149 g/mol. The number of hydrogen-bond acceptors (Lipinski definition) is 2. The minimum atomic E-state index is 0.989. The summed E-state index contributed by atoms with van der Waals surface area (Å²) >= 11 is 0. The van der Waals surface area contributed by atoms with Gasteiger partial charge in [-0.1, -0.05) is 0 Å². The predicted octanol–water partition coefficient (Wildman–Crippen LogP) is 1.65. The second-order valence-electron chi connectivity index (χ2n) is 2.60. The quantitative estimate of drug-likeness (QED) is 0.635. The molecule has 0 spiro atoms. The van der Waals surface area contributed by atoms with Crippen molar-refractivity contribution in [3.05, 3.63) is 24.0 Å². The van der Waals surface area contributed by atoms with Crippen LogP contribution in [0.2, 0.25) is 0 Å². The predicted molar refractivity (Wildman–Crippen MR) is 46.8 cm³/mol. The zero-order valence-corrected chi connectivity index (χ0v) is 7.26. The first kappa shape index (κ1) is 8.05. The zero-order chi connectivity index (χ0) is 8.27. The van der Waals surface area contributed by atoms with Gasteiger partial charge in [0.1, 0.15) is 6.20 Å². The van der Waals surface area contributed by atoms with E-state index < -0.39 is 0 Å². The largest absolute Gasteiger partial charge is 0.373 e. The van der Waals surface area contributed by atoms with E-state index in [0.29, 0.717) is 0 Å². The Morgan fingerprint density at radius 1 is 1.64 bits per heavy atom. The molecule has 0 bridgehead atoms. The van der Waals surface area contributed by atoms with Gasteiger partial charge in [-0.2, -0.15) is 0 Å². The van der Waals surface area contributed by atoms with Crippen molar-refractivity contribution in [2.45, 2.75) is 13.8 Å². The lowest BCUT2D eigenvalue weighted by molar-refractivity contribution is 0.951. The Kier molecular flexibility index (Phi) is 2.47. The lowest BCUT2D eigenvalue weighted by Crippen LogP contribution is -2.17. The Hall–Kier alpha value is -1.05. The first-order chi connectivity index (χ1) is 5.25. The highest BCUT2D eigenvalue weighted by Gasteiger charge is 2.00. The van der Waals surface area contributed by atoms with E-state index in [4.69, 9.17) is 0 Å². The van der Waals surface area contributed by atoms with Crippen molar-refractivity contribution in [1.82, 2.24) is 4.98 Å². The van der Waals surface area contributed by atoms with Gasteiger partial charge < -0.3 is 4.90 Å². The fourth-order valence-corrected chi connectivity index (χ4v) is 0.959. The Morgan fingerprint density at radius 2 is 2.36 bits per heavy atom. The highest BCUT2D eigenvalue weighted by Crippen LogP contribution is 2.14. The van der Waals surface area contributed by atoms with Crippen molar-refractivity contribution < 1.29 is 0 Å². The molecule has 0 aliphatic carbocycles. The number of nitrogens with zero attached hydrogens (tertiary/aromatic N) is 2. The summed E-state index contributed by atoms with van der Waals surface area (Å²) in [5.41, 5.74) is 2.32. The van der Waals surface area contributed by atoms with Crippen molar-refractivity contribution in [2.24, 2.45) is 0 Å². The molecule has 0 saturated carbocycles. The molecule has 1 heterocycles. The van der Waals surface area contributed by atoms with Crippen LogP contribution in [0.1, 0.15) is 12.5 Å². The molecule has 1 rings (SSSR count). The van der Waals surface area contributed by atoms with Crippen molar-refractivity contribution in [1.29, 1.82) is 0 Å². The highest BCUT2D eigenvalue weighted by molar-refractivity contribution is 5.48. The first-order valence-corrected chi connectivity index (χ1v) is 3.80. The number of rotatable bonds is 2. The number of hydrogen-bond donors (Lipinski definition) is 0. The summed E-state index contributed by atoms with van der Waals surface area (Å²) in [4.78, 5) is 6.08. The van der Waals surface area contributed by atoms with Crippen LogP contribution in [0.3, 0.4) is 0 Å². The van der Waals surface area contributed by atoms with E-state index in [0.717, 1.165) is 12.2 Å². The van der Waals surface area contributed by atoms with Crippen LogP contribution < -0.4 is 4.90 Å². The van der Waals surface area contributed by atoms with Crippen LogP contribution in [0.4, 0.5) is 5.69 Å². The Morgan fingerprint density at radius 3 is 2.91 bits per heavy atom. The molecule has 0 aliphatic heterocycles. The van der Waals surface area contributed by atoms with Crippen LogP contribution in [0.15, 0.2) is 12.3 Å². The average Bonchev–Trinajstić information content (AvgIpc) is 2.04. The molecule has 1 aromatic heterocycles. The molecule has 11 heavy (non-hydrogen) atoms. The average molecular weight is 149 g/mol. The minimum absolute atomic E-state index is 0.989. The van der Waals surface area contributed by atoms with E-state index in [-0.39, 0.29) is 0 Å². The zero-order valence-electron chi connectivity index (χ0n) is 7.26. The summed E-state index contributed by atoms with van der Waals surface area (Å²) in [7, 11) is 2.04. The van der Waals surface area contributed by atoms with Crippen LogP contribution in [-0.4, -0.2) is 18.6 Å². The molecule has 1 aromatic rings. The fraction of sp³-hybridized carbons (Fsp3) is 0.444. The van der Waals surface area contributed by atoms with E-state index >= 15 is 0 Å². The second kappa shape index (κ2) is 3.37. The third-order valence-electron chi connectivity index (χ3n) is 1.80. The number of pyridine rings is 1. The molecule has 0 atom stereocenters. The standard InChI is InChI=1S/C9H13N2/c1-4-11(3)9-7-10-6-5-8(9)2/h5-6H,4H2,1-3H3. The SMILES string of the molecule is CCN(C)c1[c]nccc1C. The van der Waals surface area contributed by atoms with E-state index in [9.17, 15) is 0 Å². The third-order valence-corrected chi connectivity index (χ3v) is 1.80. The Balaban J connectivity index is 2.93. The van der Waals surface area contributed by atoms with Gasteiger partial charge in [0.05, 0.1) is 5.69 Å². The molecule has 59 valence electrons. The van der Waals surface area contributed by atoms with Crippen molar-refractivity contribution in [3.8, 4) is 0 Å². The van der Waals surface area contributed by atoms with Crippen LogP contribution >= 0.6 is 0 Å². The maximum absolute atomic E-state index is 3.95. The molecule has 0 amide bonds. The molecular weight excluding hydrogens is 136 g/mol. The van der Waals surface area contributed by atoms with Gasteiger partial charge in [-0.25, -0.2) is 0 Å². The van der Waals surface area contributed by atoms with E-state index in [1.807, 2.05) is 13.1 Å². The van der Waals surface area contributed by atoms with Crippen LogP contribution in [0.25, 0.3) is 0 Å². The van der Waals surface area contributed by atoms with Gasteiger partial charge in [-0.3, -0.25) is 4.98 Å². The maximum Gasteiger partial charge on any atom is 0.114 e. The molecule has 0 N–H and O–H groups in total. The summed E-state index contributed by atoms with van der Waals surface area (Å²) in [5, 5.41) is 0. The van der Waals surface area contributed by atoms with Gasteiger partial charge in [0, 0.05) is 19.8 Å².